The molecule has 0 bridgehead atoms. The molecule has 0 rings (SSSR count). The van der Waals surface area contributed by atoms with Gasteiger partial charge in [0.05, 0.1) is 0 Å². The number of primary amides is 1. The Morgan fingerprint density at radius 1 is 0.853 bits per heavy atom. The second-order valence-electron chi connectivity index (χ2n) is 8.65. The normalized spacial score (nSPS) is 13.6. The minimum Gasteiger partial charge on any atom is -0.480 e. The molecule has 0 fully saturated rings. The van der Waals surface area contributed by atoms with E-state index in [2.05, 4.69) is 56.6 Å². The Morgan fingerprint density at radius 2 is 1.44 bits per heavy atom. The van der Waals surface area contributed by atoms with Crippen LogP contribution in [0.5, 0.6) is 0 Å². The topological polar surface area (TPSA) is 139 Å². The number of carboxylic acid groups (broad SMARTS) is 1. The van der Waals surface area contributed by atoms with Crippen molar-refractivity contribution in [3.05, 3.63) is 34.9 Å². The number of hydrogen-bond acceptors (Lipinski definition) is 5. The number of rotatable bonds is 17. The van der Waals surface area contributed by atoms with Crippen LogP contribution in [0.2, 0.25) is 0 Å². The molecule has 0 heterocycles. The molecule has 34 heavy (non-hydrogen) atoms. The van der Waals surface area contributed by atoms with E-state index in [9.17, 15) is 24.3 Å². The van der Waals surface area contributed by atoms with Crippen molar-refractivity contribution in [3.8, 4) is 0 Å². The molecule has 0 aromatic heterocycles. The highest BCUT2D eigenvalue weighted by Gasteiger charge is 2.22. The van der Waals surface area contributed by atoms with E-state index < -0.39 is 35.8 Å². The molecule has 0 aromatic rings. The minimum atomic E-state index is -1.12. The summed E-state index contributed by atoms with van der Waals surface area (Å²) in [5.41, 5.74) is 9.18. The number of nitrogens with one attached hydrogen (secondary N) is 2. The van der Waals surface area contributed by atoms with Crippen molar-refractivity contribution in [3.63, 3.8) is 0 Å². The van der Waals surface area contributed by atoms with Crippen molar-refractivity contribution < 1.29 is 24.3 Å². The van der Waals surface area contributed by atoms with E-state index in [-0.39, 0.29) is 18.6 Å². The largest absolute Gasteiger partial charge is 0.480 e. The zero-order valence-electron chi connectivity index (χ0n) is 21.1. The third-order valence-electron chi connectivity index (χ3n) is 4.97. The van der Waals surface area contributed by atoms with Gasteiger partial charge in [0.15, 0.2) is 0 Å². The van der Waals surface area contributed by atoms with Gasteiger partial charge in [-0.1, -0.05) is 34.9 Å². The number of aliphatic carboxylic acids is 1. The predicted octanol–water partition coefficient (Wildman–Crippen LogP) is 3.48. The SMILES string of the molecule is CC(=O)N[C@H](CCC(=O)N[C@@H](CSC/C=C(\C)CC/C=C(\C)CCC=C(C)C)C(=O)O)C(N)=O. The number of allylic oxidation sites excluding steroid dienone is 5. The van der Waals surface area contributed by atoms with Gasteiger partial charge in [0.1, 0.15) is 12.1 Å². The quantitative estimate of drug-likeness (QED) is 0.180. The van der Waals surface area contributed by atoms with Gasteiger partial charge in [0, 0.05) is 24.9 Å². The molecule has 192 valence electrons. The van der Waals surface area contributed by atoms with Gasteiger partial charge in [-0.15, -0.1) is 0 Å². The van der Waals surface area contributed by atoms with Crippen LogP contribution < -0.4 is 16.4 Å². The highest BCUT2D eigenvalue weighted by atomic mass is 32.2. The number of carbonyl (C=O) groups is 4. The molecule has 0 aliphatic rings. The van der Waals surface area contributed by atoms with Crippen LogP contribution in [0.3, 0.4) is 0 Å². The van der Waals surface area contributed by atoms with Crippen molar-refractivity contribution in [1.29, 1.82) is 0 Å². The van der Waals surface area contributed by atoms with Gasteiger partial charge in [-0.05, 0) is 59.8 Å². The van der Waals surface area contributed by atoms with Crippen LogP contribution in [-0.2, 0) is 19.2 Å². The number of amides is 3. The molecule has 0 aliphatic carbocycles. The van der Waals surface area contributed by atoms with Gasteiger partial charge in [0.2, 0.25) is 17.7 Å². The summed E-state index contributed by atoms with van der Waals surface area (Å²) >= 11 is 1.43. The average molecular weight is 496 g/mol. The zero-order chi connectivity index (χ0) is 26.1. The van der Waals surface area contributed by atoms with E-state index in [0.29, 0.717) is 5.75 Å². The predicted molar refractivity (Wildman–Crippen MR) is 138 cm³/mol. The van der Waals surface area contributed by atoms with Crippen molar-refractivity contribution in [2.75, 3.05) is 11.5 Å². The molecule has 0 spiro atoms. The fraction of sp³-hybridized carbons (Fsp3) is 0.600. The molecule has 0 aromatic carbocycles. The molecule has 5 N–H and O–H groups in total. The average Bonchev–Trinajstić information content (AvgIpc) is 2.72. The van der Waals surface area contributed by atoms with E-state index >= 15 is 0 Å². The van der Waals surface area contributed by atoms with Crippen LogP contribution in [0.4, 0.5) is 0 Å². The molecule has 9 heteroatoms. The van der Waals surface area contributed by atoms with Crippen LogP contribution in [0, 0.1) is 0 Å². The van der Waals surface area contributed by atoms with Crippen LogP contribution in [0.1, 0.15) is 73.1 Å². The maximum Gasteiger partial charge on any atom is 0.327 e. The lowest BCUT2D eigenvalue weighted by atomic mass is 10.1. The Bertz CT molecular complexity index is 785. The minimum absolute atomic E-state index is 0.00499. The summed E-state index contributed by atoms with van der Waals surface area (Å²) in [5.74, 6) is -1.94. The number of hydrogen-bond donors (Lipinski definition) is 4. The smallest absolute Gasteiger partial charge is 0.327 e. The lowest BCUT2D eigenvalue weighted by Crippen LogP contribution is -2.46. The summed E-state index contributed by atoms with van der Waals surface area (Å²) in [7, 11) is 0. The van der Waals surface area contributed by atoms with E-state index in [1.165, 1.54) is 35.4 Å². The summed E-state index contributed by atoms with van der Waals surface area (Å²) < 4.78 is 0. The van der Waals surface area contributed by atoms with Crippen LogP contribution in [0.15, 0.2) is 34.9 Å². The summed E-state index contributed by atoms with van der Waals surface area (Å²) in [4.78, 5) is 46.0. The van der Waals surface area contributed by atoms with Crippen molar-refractivity contribution in [1.82, 2.24) is 10.6 Å². The Labute approximate surface area is 207 Å². The first-order valence-electron chi connectivity index (χ1n) is 11.5. The highest BCUT2D eigenvalue weighted by Crippen LogP contribution is 2.13. The maximum atomic E-state index is 12.1. The van der Waals surface area contributed by atoms with Gasteiger partial charge in [-0.25, -0.2) is 4.79 Å². The molecular weight excluding hydrogens is 454 g/mol. The van der Waals surface area contributed by atoms with Gasteiger partial charge < -0.3 is 21.5 Å². The number of nitrogens with two attached hydrogens (primary N) is 1. The van der Waals surface area contributed by atoms with Crippen molar-refractivity contribution in [2.45, 2.75) is 85.2 Å². The molecular formula is C25H41N3O5S. The van der Waals surface area contributed by atoms with Gasteiger partial charge in [0.25, 0.3) is 0 Å². The summed E-state index contributed by atoms with van der Waals surface area (Å²) in [6, 6.07) is -2.00. The Balaban J connectivity index is 4.40. The first-order valence-corrected chi connectivity index (χ1v) is 12.7. The van der Waals surface area contributed by atoms with Crippen molar-refractivity contribution >= 4 is 35.5 Å². The van der Waals surface area contributed by atoms with Crippen LogP contribution >= 0.6 is 11.8 Å². The summed E-state index contributed by atoms with van der Waals surface area (Å²) in [6.45, 7) is 9.67. The number of thioether (sulfide) groups is 1. The number of carboxylic acids is 1. The lowest BCUT2D eigenvalue weighted by Gasteiger charge is -2.16. The standard InChI is InChI=1S/C25H41N3O5S/c1-17(2)8-6-9-18(3)10-7-11-19(4)14-15-34-16-22(25(32)33)28-23(30)13-12-21(24(26)31)27-20(5)29/h8,10,14,21-22H,6-7,9,11-13,15-16H2,1-5H3,(H2,26,31)(H,27,29)(H,28,30)(H,32,33)/b18-10+,19-14+/t21-,22+/m1/s1. The molecule has 0 saturated heterocycles. The van der Waals surface area contributed by atoms with Gasteiger partial charge in [-0.2, -0.15) is 11.8 Å². The summed E-state index contributed by atoms with van der Waals surface area (Å²) in [5, 5.41) is 14.2. The first-order chi connectivity index (χ1) is 15.9. The van der Waals surface area contributed by atoms with E-state index in [4.69, 9.17) is 5.73 Å². The molecule has 2 atom stereocenters. The van der Waals surface area contributed by atoms with Crippen LogP contribution in [-0.4, -0.2) is 52.4 Å². The lowest BCUT2D eigenvalue weighted by molar-refractivity contribution is -0.141. The van der Waals surface area contributed by atoms with Crippen LogP contribution in [0.25, 0.3) is 0 Å². The molecule has 8 nitrogen and oxygen atoms in total. The molecule has 0 aliphatic heterocycles. The first kappa shape index (κ1) is 31.4. The third kappa shape index (κ3) is 17.0. The second-order valence-corrected chi connectivity index (χ2v) is 9.72. The van der Waals surface area contributed by atoms with E-state index in [1.807, 2.05) is 0 Å². The monoisotopic (exact) mass is 495 g/mol. The Morgan fingerprint density at radius 3 is 1.97 bits per heavy atom. The molecule has 0 radical (unpaired) electrons. The zero-order valence-corrected chi connectivity index (χ0v) is 21.9. The number of carbonyl (C=O) groups excluding carboxylic acids is 3. The Kier molecular flexibility index (Phi) is 16.5. The molecule has 0 saturated carbocycles. The Hall–Kier alpha value is -2.55. The molecule has 3 amide bonds. The fourth-order valence-corrected chi connectivity index (χ4v) is 3.97. The van der Waals surface area contributed by atoms with Gasteiger partial charge in [-0.3, -0.25) is 14.4 Å². The molecule has 0 unspecified atom stereocenters. The fourth-order valence-electron chi connectivity index (χ4n) is 2.97. The third-order valence-corrected chi connectivity index (χ3v) is 5.94. The van der Waals surface area contributed by atoms with E-state index in [0.717, 1.165) is 25.7 Å². The van der Waals surface area contributed by atoms with Crippen molar-refractivity contribution in [2.24, 2.45) is 5.73 Å². The maximum absolute atomic E-state index is 12.1. The van der Waals surface area contributed by atoms with E-state index in [1.54, 1.807) is 0 Å². The summed E-state index contributed by atoms with van der Waals surface area (Å²) in [6.07, 6.45) is 10.6. The highest BCUT2D eigenvalue weighted by molar-refractivity contribution is 7.99. The second kappa shape index (κ2) is 17.9. The van der Waals surface area contributed by atoms with Gasteiger partial charge >= 0.3 is 5.97 Å².